The molecule has 0 aromatic rings. The lowest BCUT2D eigenvalue weighted by atomic mass is 9.92. The van der Waals surface area contributed by atoms with E-state index >= 15 is 0 Å². The van der Waals surface area contributed by atoms with Crippen LogP contribution >= 0.6 is 0 Å². The van der Waals surface area contributed by atoms with Gasteiger partial charge < -0.3 is 10.2 Å². The van der Waals surface area contributed by atoms with Gasteiger partial charge in [-0.05, 0) is 20.3 Å². The summed E-state index contributed by atoms with van der Waals surface area (Å²) in [6.07, 6.45) is 2.24. The van der Waals surface area contributed by atoms with E-state index in [0.29, 0.717) is 13.0 Å². The molecule has 0 bridgehead atoms. The number of amides is 2. The molecule has 0 saturated carbocycles. The number of nitrogens with one attached hydrogen (secondary N) is 1. The van der Waals surface area contributed by atoms with Crippen LogP contribution in [0.15, 0.2) is 12.7 Å². The summed E-state index contributed by atoms with van der Waals surface area (Å²) in [6, 6.07) is -0.407. The van der Waals surface area contributed by atoms with Gasteiger partial charge in [0.25, 0.3) is 0 Å². The second-order valence-corrected chi connectivity index (χ2v) is 4.10. The fourth-order valence-corrected chi connectivity index (χ4v) is 1.68. The second kappa shape index (κ2) is 4.04. The van der Waals surface area contributed by atoms with Crippen molar-refractivity contribution in [3.8, 4) is 0 Å². The van der Waals surface area contributed by atoms with Crippen molar-refractivity contribution in [3.63, 3.8) is 0 Å². The van der Waals surface area contributed by atoms with Gasteiger partial charge in [-0.3, -0.25) is 9.59 Å². The summed E-state index contributed by atoms with van der Waals surface area (Å²) >= 11 is 0. The minimum absolute atomic E-state index is 0.0306. The molecule has 0 aliphatic carbocycles. The molecule has 1 aliphatic heterocycles. The molecule has 1 fully saturated rings. The molecule has 15 heavy (non-hydrogen) atoms. The fourth-order valence-electron chi connectivity index (χ4n) is 1.68. The van der Waals surface area contributed by atoms with Gasteiger partial charge in [0.2, 0.25) is 11.8 Å². The minimum Gasteiger partial charge on any atom is -0.340 e. The minimum atomic E-state index is -0.757. The maximum Gasteiger partial charge on any atom is 0.248 e. The number of carbonyl (C=O) groups is 2. The molecule has 2 amide bonds. The third kappa shape index (κ3) is 1.89. The average Bonchev–Trinajstić information content (AvgIpc) is 2.22. The quantitative estimate of drug-likeness (QED) is 0.697. The van der Waals surface area contributed by atoms with Gasteiger partial charge in [0.05, 0.1) is 0 Å². The van der Waals surface area contributed by atoms with E-state index in [0.717, 1.165) is 0 Å². The zero-order valence-corrected chi connectivity index (χ0v) is 9.54. The SMILES string of the molecule is C=CCN1C(=O)C(C)(CC)NC(=O)C1C. The summed E-state index contributed by atoms with van der Waals surface area (Å²) < 4.78 is 0. The molecule has 1 heterocycles. The molecule has 1 rings (SSSR count). The van der Waals surface area contributed by atoms with E-state index in [1.165, 1.54) is 0 Å². The number of hydrogen-bond acceptors (Lipinski definition) is 2. The van der Waals surface area contributed by atoms with Crippen LogP contribution in [0.2, 0.25) is 0 Å². The van der Waals surface area contributed by atoms with Crippen LogP contribution in [0.25, 0.3) is 0 Å². The van der Waals surface area contributed by atoms with Crippen molar-refractivity contribution in [2.24, 2.45) is 0 Å². The van der Waals surface area contributed by atoms with Crippen LogP contribution < -0.4 is 5.32 Å². The van der Waals surface area contributed by atoms with Gasteiger partial charge in [-0.15, -0.1) is 6.58 Å². The molecule has 2 atom stereocenters. The number of piperazine rings is 1. The van der Waals surface area contributed by atoms with Crippen molar-refractivity contribution in [1.29, 1.82) is 0 Å². The first-order valence-electron chi connectivity index (χ1n) is 5.20. The molecular weight excluding hydrogens is 192 g/mol. The summed E-state index contributed by atoms with van der Waals surface area (Å²) in [4.78, 5) is 25.3. The zero-order chi connectivity index (χ0) is 11.6. The van der Waals surface area contributed by atoms with Gasteiger partial charge in [-0.25, -0.2) is 0 Å². The van der Waals surface area contributed by atoms with Gasteiger partial charge in [0.1, 0.15) is 11.6 Å². The molecule has 2 unspecified atom stereocenters. The van der Waals surface area contributed by atoms with Gasteiger partial charge in [0.15, 0.2) is 0 Å². The summed E-state index contributed by atoms with van der Waals surface area (Å²) in [7, 11) is 0. The Balaban J connectivity index is 2.99. The Hall–Kier alpha value is -1.32. The molecule has 0 aromatic carbocycles. The van der Waals surface area contributed by atoms with Crippen LogP contribution in [0.1, 0.15) is 27.2 Å². The van der Waals surface area contributed by atoms with Crippen LogP contribution in [0.5, 0.6) is 0 Å². The first-order chi connectivity index (χ1) is 6.96. The van der Waals surface area contributed by atoms with Crippen LogP contribution in [-0.2, 0) is 9.59 Å². The lowest BCUT2D eigenvalue weighted by Crippen LogP contribution is -2.68. The van der Waals surface area contributed by atoms with E-state index in [2.05, 4.69) is 11.9 Å². The number of nitrogens with zero attached hydrogens (tertiary/aromatic N) is 1. The van der Waals surface area contributed by atoms with E-state index in [9.17, 15) is 9.59 Å². The van der Waals surface area contributed by atoms with Crippen molar-refractivity contribution in [2.75, 3.05) is 6.54 Å². The third-order valence-electron chi connectivity index (χ3n) is 3.01. The Morgan fingerprint density at radius 1 is 1.60 bits per heavy atom. The van der Waals surface area contributed by atoms with Crippen LogP contribution in [0.3, 0.4) is 0 Å². The highest BCUT2D eigenvalue weighted by atomic mass is 16.2. The number of rotatable bonds is 3. The molecule has 4 nitrogen and oxygen atoms in total. The van der Waals surface area contributed by atoms with E-state index in [1.54, 1.807) is 24.8 Å². The Kier molecular flexibility index (Phi) is 3.17. The molecule has 1 saturated heterocycles. The Morgan fingerprint density at radius 2 is 2.20 bits per heavy atom. The van der Waals surface area contributed by atoms with E-state index in [1.807, 2.05) is 6.92 Å². The molecule has 0 spiro atoms. The Labute approximate surface area is 90.3 Å². The maximum absolute atomic E-state index is 12.1. The molecular formula is C11H18N2O2. The fraction of sp³-hybridized carbons (Fsp3) is 0.636. The van der Waals surface area contributed by atoms with Crippen LogP contribution in [0, 0.1) is 0 Å². The lowest BCUT2D eigenvalue weighted by molar-refractivity contribution is -0.153. The standard InChI is InChI=1S/C11H18N2O2/c1-5-7-13-8(3)9(14)12-11(4,6-2)10(13)15/h5,8H,1,6-7H2,2-4H3,(H,12,14). The third-order valence-corrected chi connectivity index (χ3v) is 3.01. The monoisotopic (exact) mass is 210 g/mol. The smallest absolute Gasteiger partial charge is 0.248 e. The first-order valence-corrected chi connectivity index (χ1v) is 5.20. The molecule has 1 aliphatic rings. The highest BCUT2D eigenvalue weighted by Crippen LogP contribution is 2.20. The second-order valence-electron chi connectivity index (χ2n) is 4.10. The summed E-state index contributed by atoms with van der Waals surface area (Å²) in [5, 5.41) is 2.77. The largest absolute Gasteiger partial charge is 0.340 e. The van der Waals surface area contributed by atoms with Crippen LogP contribution in [0.4, 0.5) is 0 Å². The van der Waals surface area contributed by atoms with Crippen molar-refractivity contribution in [3.05, 3.63) is 12.7 Å². The Bertz CT molecular complexity index is 301. The van der Waals surface area contributed by atoms with Crippen LogP contribution in [-0.4, -0.2) is 34.8 Å². The highest BCUT2D eigenvalue weighted by molar-refractivity contribution is 5.99. The molecule has 0 aromatic heterocycles. The van der Waals surface area contributed by atoms with Crippen molar-refractivity contribution in [2.45, 2.75) is 38.8 Å². The first kappa shape index (κ1) is 11.8. The van der Waals surface area contributed by atoms with E-state index < -0.39 is 11.6 Å². The molecule has 0 radical (unpaired) electrons. The van der Waals surface area contributed by atoms with E-state index in [-0.39, 0.29) is 11.8 Å². The molecule has 1 N–H and O–H groups in total. The predicted molar refractivity (Wildman–Crippen MR) is 58.2 cm³/mol. The van der Waals surface area contributed by atoms with E-state index in [4.69, 9.17) is 0 Å². The van der Waals surface area contributed by atoms with Gasteiger partial charge >= 0.3 is 0 Å². The Morgan fingerprint density at radius 3 is 2.67 bits per heavy atom. The van der Waals surface area contributed by atoms with Gasteiger partial charge in [0, 0.05) is 6.54 Å². The average molecular weight is 210 g/mol. The van der Waals surface area contributed by atoms with Gasteiger partial charge in [-0.1, -0.05) is 13.0 Å². The number of carbonyl (C=O) groups excluding carboxylic acids is 2. The number of hydrogen-bond donors (Lipinski definition) is 1. The summed E-state index contributed by atoms with van der Waals surface area (Å²) in [5.74, 6) is -0.127. The summed E-state index contributed by atoms with van der Waals surface area (Å²) in [6.45, 7) is 9.39. The zero-order valence-electron chi connectivity index (χ0n) is 9.54. The lowest BCUT2D eigenvalue weighted by Gasteiger charge is -2.42. The summed E-state index contributed by atoms with van der Waals surface area (Å²) in [5.41, 5.74) is -0.757. The topological polar surface area (TPSA) is 49.4 Å². The van der Waals surface area contributed by atoms with Crippen molar-refractivity contribution in [1.82, 2.24) is 10.2 Å². The molecule has 84 valence electrons. The predicted octanol–water partition coefficient (Wildman–Crippen LogP) is 0.688. The normalized spacial score (nSPS) is 31.4. The van der Waals surface area contributed by atoms with Crippen molar-refractivity contribution < 1.29 is 9.59 Å². The van der Waals surface area contributed by atoms with Gasteiger partial charge in [-0.2, -0.15) is 0 Å². The highest BCUT2D eigenvalue weighted by Gasteiger charge is 2.44. The maximum atomic E-state index is 12.1. The van der Waals surface area contributed by atoms with Crippen molar-refractivity contribution >= 4 is 11.8 Å². The molecule has 4 heteroatoms.